The molecule has 0 amide bonds. The number of benzene rings is 1. The fourth-order valence-electron chi connectivity index (χ4n) is 2.13. The fourth-order valence-corrected chi connectivity index (χ4v) is 2.13. The van der Waals surface area contributed by atoms with Gasteiger partial charge in [-0.1, -0.05) is 12.1 Å². The van der Waals surface area contributed by atoms with E-state index in [4.69, 9.17) is 5.73 Å². The molecule has 0 unspecified atom stereocenters. The maximum absolute atomic E-state index is 6.10. The Hall–Kier alpha value is -2.62. The van der Waals surface area contributed by atoms with E-state index in [2.05, 4.69) is 42.1 Å². The van der Waals surface area contributed by atoms with Crippen LogP contribution in [0.15, 0.2) is 48.9 Å². The number of aromatic nitrogens is 3. The Labute approximate surface area is 117 Å². The third kappa shape index (κ3) is 2.16. The smallest absolute Gasteiger partial charge is 0.116 e. The Balaban J connectivity index is 2.07. The highest BCUT2D eigenvalue weighted by atomic mass is 15.3. The van der Waals surface area contributed by atoms with E-state index in [0.29, 0.717) is 5.69 Å². The van der Waals surface area contributed by atoms with Crippen LogP contribution in [0.4, 0.5) is 5.69 Å². The standard InChI is InChI=1S/C16H16N4/c1-11-3-4-13(9-12(11)2)16-15(17)10-20(19-16)14-5-7-18-8-6-14/h3-10H,17H2,1-2H3. The highest BCUT2D eigenvalue weighted by Gasteiger charge is 2.10. The molecule has 100 valence electrons. The molecule has 0 radical (unpaired) electrons. The Morgan fingerprint density at radius 1 is 1.00 bits per heavy atom. The first-order valence-electron chi connectivity index (χ1n) is 6.48. The van der Waals surface area contributed by atoms with Crippen molar-refractivity contribution in [3.8, 4) is 16.9 Å². The molecule has 0 aliphatic heterocycles. The average Bonchev–Trinajstić information content (AvgIpc) is 2.85. The lowest BCUT2D eigenvalue weighted by Gasteiger charge is -2.03. The molecule has 0 aliphatic rings. The number of pyridine rings is 1. The summed E-state index contributed by atoms with van der Waals surface area (Å²) in [6, 6.07) is 10.1. The van der Waals surface area contributed by atoms with Crippen molar-refractivity contribution in [1.82, 2.24) is 14.8 Å². The number of nitrogen functional groups attached to an aromatic ring is 1. The number of nitrogens with zero attached hydrogens (tertiary/aromatic N) is 3. The van der Waals surface area contributed by atoms with E-state index in [1.165, 1.54) is 11.1 Å². The second kappa shape index (κ2) is 4.81. The normalized spacial score (nSPS) is 10.7. The van der Waals surface area contributed by atoms with Gasteiger partial charge in [-0.25, -0.2) is 4.68 Å². The Morgan fingerprint density at radius 3 is 2.45 bits per heavy atom. The van der Waals surface area contributed by atoms with Crippen LogP contribution in [0.2, 0.25) is 0 Å². The Morgan fingerprint density at radius 2 is 1.75 bits per heavy atom. The highest BCUT2D eigenvalue weighted by Crippen LogP contribution is 2.26. The van der Waals surface area contributed by atoms with E-state index in [-0.39, 0.29) is 0 Å². The lowest BCUT2D eigenvalue weighted by molar-refractivity contribution is 0.881. The van der Waals surface area contributed by atoms with Crippen LogP contribution in [0, 0.1) is 13.8 Å². The molecule has 0 atom stereocenters. The monoisotopic (exact) mass is 264 g/mol. The highest BCUT2D eigenvalue weighted by molar-refractivity contribution is 5.73. The van der Waals surface area contributed by atoms with E-state index < -0.39 is 0 Å². The molecule has 0 saturated carbocycles. The first-order valence-corrected chi connectivity index (χ1v) is 6.48. The second-order valence-corrected chi connectivity index (χ2v) is 4.88. The van der Waals surface area contributed by atoms with Crippen LogP contribution in [0.5, 0.6) is 0 Å². The second-order valence-electron chi connectivity index (χ2n) is 4.88. The van der Waals surface area contributed by atoms with Crippen molar-refractivity contribution in [3.63, 3.8) is 0 Å². The van der Waals surface area contributed by atoms with Gasteiger partial charge in [-0.05, 0) is 43.2 Å². The minimum Gasteiger partial charge on any atom is -0.396 e. The molecule has 4 nitrogen and oxygen atoms in total. The number of hydrogen-bond donors (Lipinski definition) is 1. The van der Waals surface area contributed by atoms with Gasteiger partial charge in [0.25, 0.3) is 0 Å². The Bertz CT molecular complexity index is 744. The first kappa shape index (κ1) is 12.4. The number of nitrogens with two attached hydrogens (primary N) is 1. The fraction of sp³-hybridized carbons (Fsp3) is 0.125. The van der Waals surface area contributed by atoms with Crippen LogP contribution in [0.25, 0.3) is 16.9 Å². The van der Waals surface area contributed by atoms with Gasteiger partial charge in [0.05, 0.1) is 17.6 Å². The summed E-state index contributed by atoms with van der Waals surface area (Å²) in [5.41, 5.74) is 12.1. The maximum atomic E-state index is 6.10. The van der Waals surface area contributed by atoms with Gasteiger partial charge in [-0.2, -0.15) is 5.10 Å². The molecule has 0 aliphatic carbocycles. The van der Waals surface area contributed by atoms with E-state index >= 15 is 0 Å². The van der Waals surface area contributed by atoms with Gasteiger partial charge in [0.15, 0.2) is 0 Å². The van der Waals surface area contributed by atoms with Crippen molar-refractivity contribution in [2.75, 3.05) is 5.73 Å². The topological polar surface area (TPSA) is 56.7 Å². The number of hydrogen-bond acceptors (Lipinski definition) is 3. The van der Waals surface area contributed by atoms with Crippen molar-refractivity contribution >= 4 is 5.69 Å². The SMILES string of the molecule is Cc1ccc(-c2nn(-c3ccncc3)cc2N)cc1C. The summed E-state index contributed by atoms with van der Waals surface area (Å²) in [4.78, 5) is 4.01. The van der Waals surface area contributed by atoms with Crippen molar-refractivity contribution < 1.29 is 0 Å². The van der Waals surface area contributed by atoms with Crippen molar-refractivity contribution in [1.29, 1.82) is 0 Å². The molecule has 0 saturated heterocycles. The first-order chi connectivity index (χ1) is 9.65. The van der Waals surface area contributed by atoms with Gasteiger partial charge in [0.1, 0.15) is 5.69 Å². The van der Waals surface area contributed by atoms with E-state index in [0.717, 1.165) is 16.9 Å². The van der Waals surface area contributed by atoms with Crippen LogP contribution < -0.4 is 5.73 Å². The average molecular weight is 264 g/mol. The number of aryl methyl sites for hydroxylation is 2. The molecule has 0 bridgehead atoms. The molecule has 2 aromatic heterocycles. The minimum absolute atomic E-state index is 0.671. The maximum Gasteiger partial charge on any atom is 0.116 e. The molecule has 4 heteroatoms. The van der Waals surface area contributed by atoms with E-state index in [1.54, 1.807) is 17.1 Å². The molecule has 2 N–H and O–H groups in total. The predicted molar refractivity (Wildman–Crippen MR) is 80.7 cm³/mol. The molecule has 0 spiro atoms. The summed E-state index contributed by atoms with van der Waals surface area (Å²) < 4.78 is 1.78. The van der Waals surface area contributed by atoms with Gasteiger partial charge in [-0.3, -0.25) is 4.98 Å². The van der Waals surface area contributed by atoms with Gasteiger partial charge >= 0.3 is 0 Å². The zero-order valence-electron chi connectivity index (χ0n) is 11.5. The van der Waals surface area contributed by atoms with Gasteiger partial charge < -0.3 is 5.73 Å². The molecular formula is C16H16N4. The van der Waals surface area contributed by atoms with Crippen LogP contribution >= 0.6 is 0 Å². The molecule has 20 heavy (non-hydrogen) atoms. The molecule has 3 rings (SSSR count). The molecule has 3 aromatic rings. The van der Waals surface area contributed by atoms with E-state index in [9.17, 15) is 0 Å². The van der Waals surface area contributed by atoms with Crippen molar-refractivity contribution in [2.45, 2.75) is 13.8 Å². The van der Waals surface area contributed by atoms with Crippen LogP contribution in [-0.4, -0.2) is 14.8 Å². The van der Waals surface area contributed by atoms with Gasteiger partial charge in [-0.15, -0.1) is 0 Å². The quantitative estimate of drug-likeness (QED) is 0.773. The van der Waals surface area contributed by atoms with Gasteiger partial charge in [0.2, 0.25) is 0 Å². The summed E-state index contributed by atoms with van der Waals surface area (Å²) >= 11 is 0. The van der Waals surface area contributed by atoms with E-state index in [1.807, 2.05) is 18.3 Å². The number of rotatable bonds is 2. The predicted octanol–water partition coefficient (Wildman–Crippen LogP) is 3.13. The van der Waals surface area contributed by atoms with Crippen molar-refractivity contribution in [3.05, 3.63) is 60.0 Å². The zero-order chi connectivity index (χ0) is 14.1. The summed E-state index contributed by atoms with van der Waals surface area (Å²) in [5.74, 6) is 0. The zero-order valence-corrected chi connectivity index (χ0v) is 11.5. The summed E-state index contributed by atoms with van der Waals surface area (Å²) in [5, 5.41) is 4.58. The molecule has 0 fully saturated rings. The van der Waals surface area contributed by atoms with Crippen LogP contribution in [-0.2, 0) is 0 Å². The molecular weight excluding hydrogens is 248 g/mol. The third-order valence-electron chi connectivity index (χ3n) is 3.45. The summed E-state index contributed by atoms with van der Waals surface area (Å²) in [6.07, 6.45) is 5.31. The van der Waals surface area contributed by atoms with Crippen LogP contribution in [0.3, 0.4) is 0 Å². The van der Waals surface area contributed by atoms with Gasteiger partial charge in [0, 0.05) is 18.0 Å². The molecule has 1 aromatic carbocycles. The molecule has 2 heterocycles. The largest absolute Gasteiger partial charge is 0.396 e. The summed E-state index contributed by atoms with van der Waals surface area (Å²) in [7, 11) is 0. The van der Waals surface area contributed by atoms with Crippen LogP contribution in [0.1, 0.15) is 11.1 Å². The lowest BCUT2D eigenvalue weighted by Crippen LogP contribution is -1.94. The summed E-state index contributed by atoms with van der Waals surface area (Å²) in [6.45, 7) is 4.19. The lowest BCUT2D eigenvalue weighted by atomic mass is 10.0. The van der Waals surface area contributed by atoms with Crippen molar-refractivity contribution in [2.24, 2.45) is 0 Å². The Kier molecular flexibility index (Phi) is 2.99. The third-order valence-corrected chi connectivity index (χ3v) is 3.45. The minimum atomic E-state index is 0.671. The number of anilines is 1.